The molecule has 4 amide bonds. The van der Waals surface area contributed by atoms with Crippen LogP contribution in [0.3, 0.4) is 0 Å². The molecule has 3 N–H and O–H groups in total. The molecule has 0 saturated carbocycles. The van der Waals surface area contributed by atoms with Crippen molar-refractivity contribution in [1.82, 2.24) is 10.2 Å². The van der Waals surface area contributed by atoms with E-state index < -0.39 is 17.1 Å². The number of methoxy groups -OCH3 is 2. The molecule has 0 fully saturated rings. The van der Waals surface area contributed by atoms with E-state index in [9.17, 15) is 24.4 Å². The van der Waals surface area contributed by atoms with Crippen molar-refractivity contribution < 1.29 is 28.7 Å². The fourth-order valence-corrected chi connectivity index (χ4v) is 8.29. The SMILES string of the molecule is COc1ccc(OC)c(/C=C(/NC(=O)c2ccccc2)C(=O)Nc2cccc(SC(C(=O)Nc3sc4c(c3C#N)CCN(C(C)=O)C4)c3ccccc3)c2)c1. The summed E-state index contributed by atoms with van der Waals surface area (Å²) in [6, 6.07) is 32.3. The van der Waals surface area contributed by atoms with Gasteiger partial charge in [0.25, 0.3) is 11.8 Å². The monoisotopic (exact) mass is 771 g/mol. The number of rotatable bonds is 12. The van der Waals surface area contributed by atoms with Gasteiger partial charge in [-0.1, -0.05) is 54.6 Å². The molecular weight excluding hydrogens is 735 g/mol. The van der Waals surface area contributed by atoms with Gasteiger partial charge in [0.05, 0.1) is 26.3 Å². The summed E-state index contributed by atoms with van der Waals surface area (Å²) in [6.07, 6.45) is 2.06. The third-order valence-electron chi connectivity index (χ3n) is 8.80. The summed E-state index contributed by atoms with van der Waals surface area (Å²) in [7, 11) is 3.03. The molecule has 13 heteroatoms. The molecular formula is C42H37N5O6S2. The predicted molar refractivity (Wildman–Crippen MR) is 214 cm³/mol. The number of anilines is 2. The summed E-state index contributed by atoms with van der Waals surface area (Å²) >= 11 is 2.60. The molecule has 1 atom stereocenters. The lowest BCUT2D eigenvalue weighted by Gasteiger charge is -2.25. The zero-order valence-electron chi connectivity index (χ0n) is 30.3. The molecule has 0 bridgehead atoms. The molecule has 0 saturated heterocycles. The van der Waals surface area contributed by atoms with E-state index in [1.807, 2.05) is 36.4 Å². The minimum atomic E-state index is -0.729. The normalized spacial score (nSPS) is 12.8. The van der Waals surface area contributed by atoms with Crippen molar-refractivity contribution >= 4 is 63.5 Å². The molecule has 0 aliphatic carbocycles. The number of nitrogens with zero attached hydrogens (tertiary/aromatic N) is 2. The number of hydrogen-bond acceptors (Lipinski definition) is 9. The zero-order valence-corrected chi connectivity index (χ0v) is 31.9. The Kier molecular flexibility index (Phi) is 12.3. The van der Waals surface area contributed by atoms with Gasteiger partial charge in [0, 0.05) is 40.1 Å². The van der Waals surface area contributed by atoms with Crippen LogP contribution in [-0.4, -0.2) is 49.3 Å². The second-order valence-corrected chi connectivity index (χ2v) is 14.7. The molecule has 1 aliphatic heterocycles. The lowest BCUT2D eigenvalue weighted by Crippen LogP contribution is -2.33. The Morgan fingerprint density at radius 3 is 2.35 bits per heavy atom. The Balaban J connectivity index is 1.26. The van der Waals surface area contributed by atoms with Crippen LogP contribution in [0.25, 0.3) is 6.08 Å². The van der Waals surface area contributed by atoms with Crippen LogP contribution in [0.15, 0.2) is 114 Å². The fraction of sp³-hybridized carbons (Fsp3) is 0.167. The lowest BCUT2D eigenvalue weighted by molar-refractivity contribution is -0.129. The molecule has 0 spiro atoms. The van der Waals surface area contributed by atoms with E-state index in [1.165, 1.54) is 50.3 Å². The van der Waals surface area contributed by atoms with Crippen LogP contribution in [0, 0.1) is 11.3 Å². The summed E-state index contributed by atoms with van der Waals surface area (Å²) in [5.41, 5.74) is 3.28. The molecule has 6 rings (SSSR count). The molecule has 0 radical (unpaired) electrons. The lowest BCUT2D eigenvalue weighted by atomic mass is 10.0. The van der Waals surface area contributed by atoms with Gasteiger partial charge in [0.2, 0.25) is 11.8 Å². The highest BCUT2D eigenvalue weighted by molar-refractivity contribution is 8.00. The second-order valence-electron chi connectivity index (χ2n) is 12.4. The molecule has 1 aromatic heterocycles. The summed E-state index contributed by atoms with van der Waals surface area (Å²) in [4.78, 5) is 56.6. The highest BCUT2D eigenvalue weighted by atomic mass is 32.2. The number of hydrogen-bond donors (Lipinski definition) is 3. The molecule has 1 aliphatic rings. The van der Waals surface area contributed by atoms with Crippen LogP contribution < -0.4 is 25.4 Å². The predicted octanol–water partition coefficient (Wildman–Crippen LogP) is 7.42. The van der Waals surface area contributed by atoms with E-state index in [0.717, 1.165) is 16.0 Å². The summed E-state index contributed by atoms with van der Waals surface area (Å²) in [5.74, 6) is -0.445. The minimum absolute atomic E-state index is 0.0385. The maximum Gasteiger partial charge on any atom is 0.272 e. The second kappa shape index (κ2) is 17.6. The van der Waals surface area contributed by atoms with Gasteiger partial charge in [-0.2, -0.15) is 5.26 Å². The number of amides is 4. The number of nitriles is 1. The maximum absolute atomic E-state index is 14.1. The first-order valence-corrected chi connectivity index (χ1v) is 18.9. The minimum Gasteiger partial charge on any atom is -0.497 e. The van der Waals surface area contributed by atoms with E-state index in [-0.39, 0.29) is 17.5 Å². The highest BCUT2D eigenvalue weighted by Crippen LogP contribution is 2.41. The molecule has 2 heterocycles. The Hall–Kier alpha value is -6.36. The summed E-state index contributed by atoms with van der Waals surface area (Å²) in [6.45, 7) is 2.44. The average Bonchev–Trinajstić information content (AvgIpc) is 3.56. The van der Waals surface area contributed by atoms with Crippen molar-refractivity contribution in [3.8, 4) is 17.6 Å². The zero-order chi connectivity index (χ0) is 38.9. The number of carbonyl (C=O) groups excluding carboxylic acids is 4. The standard InChI is InChI=1S/C42H37N5O6S2/c1-26(48)47-20-19-33-34(24-43)42(55-37(33)25-47)46-41(51)38(27-11-6-4-7-12-27)54-32-16-10-15-30(23-32)44-40(50)35(45-39(49)28-13-8-5-9-14-28)22-29-21-31(52-2)17-18-36(29)53-3/h4-18,21-23,38H,19-20,25H2,1-3H3,(H,44,50)(H,45,49)(H,46,51)/b35-22+. The van der Waals surface area contributed by atoms with Gasteiger partial charge in [0.1, 0.15) is 33.5 Å². The summed E-state index contributed by atoms with van der Waals surface area (Å²) < 4.78 is 10.9. The van der Waals surface area contributed by atoms with Crippen molar-refractivity contribution in [2.45, 2.75) is 30.0 Å². The van der Waals surface area contributed by atoms with Crippen LogP contribution in [0.2, 0.25) is 0 Å². The first-order chi connectivity index (χ1) is 26.7. The Morgan fingerprint density at radius 2 is 1.65 bits per heavy atom. The number of fused-ring (bicyclic) bond motifs is 1. The van der Waals surface area contributed by atoms with Crippen molar-refractivity contribution in [3.05, 3.63) is 142 Å². The van der Waals surface area contributed by atoms with Crippen molar-refractivity contribution in [3.63, 3.8) is 0 Å². The van der Waals surface area contributed by atoms with E-state index >= 15 is 0 Å². The Bertz CT molecular complexity index is 2300. The third-order valence-corrected chi connectivity index (χ3v) is 11.2. The number of benzene rings is 4. The van der Waals surface area contributed by atoms with Crippen molar-refractivity contribution in [2.75, 3.05) is 31.4 Å². The van der Waals surface area contributed by atoms with E-state index in [4.69, 9.17) is 9.47 Å². The largest absolute Gasteiger partial charge is 0.497 e. The maximum atomic E-state index is 14.1. The van der Waals surface area contributed by atoms with Crippen LogP contribution in [0.4, 0.5) is 10.7 Å². The number of nitrogens with one attached hydrogen (secondary N) is 3. The molecule has 5 aromatic rings. The number of thiophene rings is 1. The first-order valence-electron chi connectivity index (χ1n) is 17.2. The smallest absolute Gasteiger partial charge is 0.272 e. The third kappa shape index (κ3) is 9.24. The van der Waals surface area contributed by atoms with Gasteiger partial charge in [0.15, 0.2) is 0 Å². The Labute approximate surface area is 327 Å². The highest BCUT2D eigenvalue weighted by Gasteiger charge is 2.29. The van der Waals surface area contributed by atoms with E-state index in [1.54, 1.807) is 71.6 Å². The number of carbonyl (C=O) groups is 4. The van der Waals surface area contributed by atoms with Gasteiger partial charge < -0.3 is 30.3 Å². The Morgan fingerprint density at radius 1 is 0.909 bits per heavy atom. The molecule has 278 valence electrons. The molecule has 11 nitrogen and oxygen atoms in total. The first kappa shape index (κ1) is 38.4. The average molecular weight is 772 g/mol. The van der Waals surface area contributed by atoms with Gasteiger partial charge >= 0.3 is 0 Å². The van der Waals surface area contributed by atoms with Crippen LogP contribution in [-0.2, 0) is 27.3 Å². The quantitative estimate of drug-likeness (QED) is 0.0877. The van der Waals surface area contributed by atoms with E-state index in [2.05, 4.69) is 22.0 Å². The van der Waals surface area contributed by atoms with Crippen molar-refractivity contribution in [2.24, 2.45) is 0 Å². The van der Waals surface area contributed by atoms with Gasteiger partial charge in [-0.05, 0) is 72.2 Å². The van der Waals surface area contributed by atoms with Crippen LogP contribution in [0.5, 0.6) is 11.5 Å². The van der Waals surface area contributed by atoms with Crippen LogP contribution >= 0.6 is 23.1 Å². The number of ether oxygens (including phenoxy) is 2. The fourth-order valence-electron chi connectivity index (χ4n) is 5.99. The van der Waals surface area contributed by atoms with Gasteiger partial charge in [-0.25, -0.2) is 0 Å². The van der Waals surface area contributed by atoms with Crippen molar-refractivity contribution in [1.29, 1.82) is 5.26 Å². The topological polar surface area (TPSA) is 150 Å². The van der Waals surface area contributed by atoms with E-state index in [0.29, 0.717) is 63.3 Å². The van der Waals surface area contributed by atoms with Crippen LogP contribution in [0.1, 0.15) is 49.7 Å². The van der Waals surface area contributed by atoms with Gasteiger partial charge in [-0.3, -0.25) is 19.2 Å². The van der Waals surface area contributed by atoms with Gasteiger partial charge in [-0.15, -0.1) is 23.1 Å². The number of thioether (sulfide) groups is 1. The summed E-state index contributed by atoms with van der Waals surface area (Å²) in [5, 5.41) is 18.4. The molecule has 4 aromatic carbocycles. The molecule has 55 heavy (non-hydrogen) atoms. The molecule has 1 unspecified atom stereocenters.